The molecule has 0 N–H and O–H groups in total. The van der Waals surface area contributed by atoms with Gasteiger partial charge in [-0.15, -0.1) is 11.3 Å². The number of amides is 1. The van der Waals surface area contributed by atoms with Gasteiger partial charge < -0.3 is 19.1 Å². The SMILES string of the molecule is [C-]#[N+]c1cc2c(Oc3ccc(CC(=O)Cc4nccs4)cc3)ccnc2cc1OCC1CCN(C(=O)OC(C)(C)C)CC1. The van der Waals surface area contributed by atoms with Crippen molar-refractivity contribution in [2.24, 2.45) is 5.92 Å². The van der Waals surface area contributed by atoms with Crippen LogP contribution in [0.4, 0.5) is 10.5 Å². The van der Waals surface area contributed by atoms with Gasteiger partial charge in [0.1, 0.15) is 28.6 Å². The maximum absolute atomic E-state index is 12.4. The standard InChI is InChI=1S/C33H34N4O5S/c1-33(2,3)42-32(39)37-14-10-23(11-15-37)21-40-30-20-27-26(19-28(30)34-4)29(9-12-35-27)41-25-7-5-22(6-8-25)17-24(38)18-31-36-13-16-43-31/h5-9,12-13,16,19-20,23H,10-11,14-15,17-18,21H2,1-3H3. The zero-order chi connectivity index (χ0) is 30.4. The van der Waals surface area contributed by atoms with E-state index in [0.29, 0.717) is 66.4 Å². The van der Waals surface area contributed by atoms with E-state index in [9.17, 15) is 9.59 Å². The van der Waals surface area contributed by atoms with Crippen molar-refractivity contribution in [2.45, 2.75) is 52.1 Å². The summed E-state index contributed by atoms with van der Waals surface area (Å²) in [4.78, 5) is 38.9. The molecule has 0 bridgehead atoms. The fraction of sp³-hybridized carbons (Fsp3) is 0.364. The number of ether oxygens (including phenoxy) is 3. The third-order valence-corrected chi connectivity index (χ3v) is 7.81. The van der Waals surface area contributed by atoms with Crippen LogP contribution in [0.3, 0.4) is 0 Å². The first-order valence-corrected chi connectivity index (χ1v) is 15.1. The molecule has 9 nitrogen and oxygen atoms in total. The van der Waals surface area contributed by atoms with E-state index in [2.05, 4.69) is 14.8 Å². The Morgan fingerprint density at radius 2 is 1.79 bits per heavy atom. The number of ketones is 1. The fourth-order valence-electron chi connectivity index (χ4n) is 4.85. The van der Waals surface area contributed by atoms with Crippen LogP contribution in [0.1, 0.15) is 44.2 Å². The molecule has 0 unspecified atom stereocenters. The van der Waals surface area contributed by atoms with Gasteiger partial charge in [0.05, 0.1) is 30.1 Å². The monoisotopic (exact) mass is 598 g/mol. The number of hydrogen-bond donors (Lipinski definition) is 0. The summed E-state index contributed by atoms with van der Waals surface area (Å²) >= 11 is 1.48. The summed E-state index contributed by atoms with van der Waals surface area (Å²) in [6.45, 7) is 15.0. The normalized spacial score (nSPS) is 13.9. The minimum atomic E-state index is -0.517. The van der Waals surface area contributed by atoms with Gasteiger partial charge in [0.2, 0.25) is 5.69 Å². The predicted octanol–water partition coefficient (Wildman–Crippen LogP) is 7.41. The molecule has 2 aromatic carbocycles. The highest BCUT2D eigenvalue weighted by Gasteiger charge is 2.27. The molecule has 43 heavy (non-hydrogen) atoms. The van der Waals surface area contributed by atoms with Crippen LogP contribution in [-0.2, 0) is 22.4 Å². The van der Waals surface area contributed by atoms with Crippen LogP contribution < -0.4 is 9.47 Å². The molecule has 0 saturated carbocycles. The smallest absolute Gasteiger partial charge is 0.410 e. The summed E-state index contributed by atoms with van der Waals surface area (Å²) in [6.07, 6.45) is 5.35. The predicted molar refractivity (Wildman–Crippen MR) is 165 cm³/mol. The second-order valence-electron chi connectivity index (χ2n) is 11.5. The summed E-state index contributed by atoms with van der Waals surface area (Å²) in [7, 11) is 0. The van der Waals surface area contributed by atoms with Gasteiger partial charge in [-0.3, -0.25) is 9.78 Å². The Labute approximate surface area is 255 Å². The largest absolute Gasteiger partial charge is 0.504 e. The first-order chi connectivity index (χ1) is 20.7. The van der Waals surface area contributed by atoms with Gasteiger partial charge >= 0.3 is 6.09 Å². The second kappa shape index (κ2) is 13.2. The van der Waals surface area contributed by atoms with Crippen LogP contribution >= 0.6 is 11.3 Å². The van der Waals surface area contributed by atoms with Crippen molar-refractivity contribution in [3.05, 3.63) is 82.2 Å². The molecule has 5 rings (SSSR count). The number of likely N-dealkylation sites (tertiary alicyclic amines) is 1. The van der Waals surface area contributed by atoms with E-state index < -0.39 is 5.60 Å². The molecule has 10 heteroatoms. The van der Waals surface area contributed by atoms with Gasteiger partial charge in [-0.2, -0.15) is 0 Å². The van der Waals surface area contributed by atoms with E-state index in [1.807, 2.05) is 50.4 Å². The number of carbonyl (C=O) groups is 2. The number of aromatic nitrogens is 2. The molecule has 4 aromatic rings. The van der Waals surface area contributed by atoms with Gasteiger partial charge in [0.15, 0.2) is 0 Å². The van der Waals surface area contributed by atoms with Gasteiger partial charge in [-0.05, 0) is 75.4 Å². The summed E-state index contributed by atoms with van der Waals surface area (Å²) in [6, 6.07) is 12.7. The Kier molecular flexibility index (Phi) is 9.22. The van der Waals surface area contributed by atoms with Crippen molar-refractivity contribution in [3.63, 3.8) is 0 Å². The van der Waals surface area contributed by atoms with Gasteiger partial charge in [0, 0.05) is 42.7 Å². The Morgan fingerprint density at radius 1 is 1.02 bits per heavy atom. The number of rotatable bonds is 9. The zero-order valence-corrected chi connectivity index (χ0v) is 25.4. The van der Waals surface area contributed by atoms with Gasteiger partial charge in [-0.1, -0.05) is 12.1 Å². The summed E-state index contributed by atoms with van der Waals surface area (Å²) in [5.41, 5.74) is 1.42. The lowest BCUT2D eigenvalue weighted by atomic mass is 9.98. The molecule has 1 aliphatic rings. The third-order valence-electron chi connectivity index (χ3n) is 7.03. The van der Waals surface area contributed by atoms with E-state index in [1.54, 1.807) is 35.5 Å². The lowest BCUT2D eigenvalue weighted by Gasteiger charge is -2.33. The molecule has 0 radical (unpaired) electrons. The van der Waals surface area contributed by atoms with E-state index in [0.717, 1.165) is 23.4 Å². The van der Waals surface area contributed by atoms with Crippen molar-refractivity contribution >= 4 is 39.8 Å². The number of nitrogens with zero attached hydrogens (tertiary/aromatic N) is 4. The van der Waals surface area contributed by atoms with Crippen molar-refractivity contribution in [1.29, 1.82) is 0 Å². The quantitative estimate of drug-likeness (QED) is 0.185. The molecule has 3 heterocycles. The fourth-order valence-corrected chi connectivity index (χ4v) is 5.49. The van der Waals surface area contributed by atoms with E-state index in [1.165, 1.54) is 11.3 Å². The number of fused-ring (bicyclic) bond motifs is 1. The molecule has 1 amide bonds. The molecule has 222 valence electrons. The van der Waals surface area contributed by atoms with E-state index in [4.69, 9.17) is 20.8 Å². The number of hydrogen-bond acceptors (Lipinski definition) is 8. The number of thiazole rings is 1. The second-order valence-corrected chi connectivity index (χ2v) is 12.5. The van der Waals surface area contributed by atoms with Crippen LogP contribution in [0.15, 0.2) is 60.2 Å². The molecule has 0 atom stereocenters. The minimum absolute atomic E-state index is 0.111. The highest BCUT2D eigenvalue weighted by molar-refractivity contribution is 7.09. The van der Waals surface area contributed by atoms with Crippen LogP contribution in [0.5, 0.6) is 17.2 Å². The van der Waals surface area contributed by atoms with Crippen molar-refractivity contribution in [3.8, 4) is 17.2 Å². The Balaban J connectivity index is 1.20. The van der Waals surface area contributed by atoms with Crippen molar-refractivity contribution in [2.75, 3.05) is 19.7 Å². The first-order valence-electron chi connectivity index (χ1n) is 14.2. The molecule has 2 aromatic heterocycles. The zero-order valence-electron chi connectivity index (χ0n) is 24.5. The summed E-state index contributed by atoms with van der Waals surface area (Å²) in [5, 5.41) is 3.39. The molecular weight excluding hydrogens is 564 g/mol. The van der Waals surface area contributed by atoms with Crippen molar-refractivity contribution in [1.82, 2.24) is 14.9 Å². The molecule has 1 aliphatic heterocycles. The maximum atomic E-state index is 12.4. The molecular formula is C33H34N4O5S. The summed E-state index contributed by atoms with van der Waals surface area (Å²) < 4.78 is 17.8. The number of carbonyl (C=O) groups excluding carboxylic acids is 2. The first kappa shape index (κ1) is 30.0. The van der Waals surface area contributed by atoms with Crippen LogP contribution in [0, 0.1) is 12.5 Å². The topological polar surface area (TPSA) is 95.2 Å². The number of pyridine rings is 1. The number of Topliss-reactive ketones (excluding diaryl/α,β-unsaturated/α-hetero) is 1. The summed E-state index contributed by atoms with van der Waals surface area (Å²) in [5.74, 6) is 2.05. The Bertz CT molecular complexity index is 1620. The lowest BCUT2D eigenvalue weighted by molar-refractivity contribution is -0.117. The Morgan fingerprint density at radius 3 is 2.47 bits per heavy atom. The maximum Gasteiger partial charge on any atom is 0.410 e. The lowest BCUT2D eigenvalue weighted by Crippen LogP contribution is -2.42. The van der Waals surface area contributed by atoms with Gasteiger partial charge in [0.25, 0.3) is 0 Å². The minimum Gasteiger partial charge on any atom is -0.504 e. The Hall–Kier alpha value is -4.49. The third kappa shape index (κ3) is 8.08. The van der Waals surface area contributed by atoms with Crippen LogP contribution in [-0.4, -0.2) is 52.0 Å². The molecule has 1 fully saturated rings. The van der Waals surface area contributed by atoms with E-state index in [-0.39, 0.29) is 17.8 Å². The van der Waals surface area contributed by atoms with Crippen LogP contribution in [0.2, 0.25) is 0 Å². The van der Waals surface area contributed by atoms with Crippen molar-refractivity contribution < 1.29 is 23.8 Å². The van der Waals surface area contributed by atoms with E-state index >= 15 is 0 Å². The molecule has 1 saturated heterocycles. The average Bonchev–Trinajstić information content (AvgIpc) is 3.49. The highest BCUT2D eigenvalue weighted by atomic mass is 32.1. The van der Waals surface area contributed by atoms with Gasteiger partial charge in [-0.25, -0.2) is 14.6 Å². The average molecular weight is 599 g/mol. The number of benzene rings is 2. The molecule has 0 aliphatic carbocycles. The number of piperidine rings is 1. The molecule has 0 spiro atoms. The highest BCUT2D eigenvalue weighted by Crippen LogP contribution is 2.38. The van der Waals surface area contributed by atoms with Crippen LogP contribution in [0.25, 0.3) is 15.7 Å².